The van der Waals surface area contributed by atoms with Gasteiger partial charge >= 0.3 is 0 Å². The Labute approximate surface area is 116 Å². The van der Waals surface area contributed by atoms with Crippen LogP contribution >= 0.6 is 0 Å². The smallest absolute Gasteiger partial charge is 0.237 e. The number of likely N-dealkylation sites (tertiary alicyclic amines) is 1. The maximum absolute atomic E-state index is 12.0. The first-order valence-electron chi connectivity index (χ1n) is 7.58. The highest BCUT2D eigenvalue weighted by Crippen LogP contribution is 2.18. The van der Waals surface area contributed by atoms with Crippen LogP contribution in [0.15, 0.2) is 12.7 Å². The molecule has 0 bridgehead atoms. The molecule has 108 valence electrons. The standard InChI is InChI=1S/C15H27N3O/c1-3-12(2)18-9-5-6-13(11-18)10-17-15(19)14-7-4-8-16-14/h3,12-14,16H,1,4-11H2,2H3,(H,17,19). The van der Waals surface area contributed by atoms with Crippen molar-refractivity contribution < 1.29 is 4.79 Å². The van der Waals surface area contributed by atoms with Crippen molar-refractivity contribution in [2.75, 3.05) is 26.2 Å². The molecule has 3 unspecified atom stereocenters. The number of amides is 1. The van der Waals surface area contributed by atoms with E-state index >= 15 is 0 Å². The Morgan fingerprint density at radius 2 is 2.37 bits per heavy atom. The number of carbonyl (C=O) groups is 1. The lowest BCUT2D eigenvalue weighted by atomic mass is 9.96. The minimum absolute atomic E-state index is 0.0480. The Bertz CT molecular complexity index is 313. The van der Waals surface area contributed by atoms with E-state index < -0.39 is 0 Å². The fraction of sp³-hybridized carbons (Fsp3) is 0.800. The number of carbonyl (C=O) groups excluding carboxylic acids is 1. The van der Waals surface area contributed by atoms with Crippen LogP contribution in [0.4, 0.5) is 0 Å². The number of hydrogen-bond acceptors (Lipinski definition) is 3. The maximum atomic E-state index is 12.0. The molecule has 0 spiro atoms. The van der Waals surface area contributed by atoms with Crippen molar-refractivity contribution in [2.45, 2.75) is 44.7 Å². The zero-order valence-electron chi connectivity index (χ0n) is 12.0. The summed E-state index contributed by atoms with van der Waals surface area (Å²) in [4.78, 5) is 14.4. The molecule has 0 aromatic heterocycles. The van der Waals surface area contributed by atoms with E-state index in [1.54, 1.807) is 0 Å². The van der Waals surface area contributed by atoms with E-state index in [0.29, 0.717) is 12.0 Å². The molecule has 0 aromatic rings. The second-order valence-electron chi connectivity index (χ2n) is 5.87. The van der Waals surface area contributed by atoms with Gasteiger partial charge < -0.3 is 10.6 Å². The SMILES string of the molecule is C=CC(C)N1CCCC(CNC(=O)C2CCCN2)C1. The average Bonchev–Trinajstić information content (AvgIpc) is 2.98. The Hall–Kier alpha value is -0.870. The zero-order chi connectivity index (χ0) is 13.7. The largest absolute Gasteiger partial charge is 0.354 e. The molecule has 0 aliphatic carbocycles. The fourth-order valence-electron chi connectivity index (χ4n) is 3.06. The number of hydrogen-bond donors (Lipinski definition) is 2. The Morgan fingerprint density at radius 3 is 3.05 bits per heavy atom. The molecule has 2 aliphatic rings. The highest BCUT2D eigenvalue weighted by molar-refractivity contribution is 5.81. The van der Waals surface area contributed by atoms with Crippen molar-refractivity contribution in [3.63, 3.8) is 0 Å². The van der Waals surface area contributed by atoms with E-state index in [4.69, 9.17) is 0 Å². The number of piperidine rings is 1. The topological polar surface area (TPSA) is 44.4 Å². The maximum Gasteiger partial charge on any atom is 0.237 e. The minimum Gasteiger partial charge on any atom is -0.354 e. The molecule has 2 aliphatic heterocycles. The lowest BCUT2D eigenvalue weighted by molar-refractivity contribution is -0.123. The lowest BCUT2D eigenvalue weighted by Gasteiger charge is -2.35. The minimum atomic E-state index is 0.0480. The van der Waals surface area contributed by atoms with Gasteiger partial charge in [0.25, 0.3) is 0 Å². The molecule has 3 atom stereocenters. The first-order valence-corrected chi connectivity index (χ1v) is 7.58. The predicted octanol–water partition coefficient (Wildman–Crippen LogP) is 1.14. The summed E-state index contributed by atoms with van der Waals surface area (Å²) in [7, 11) is 0. The number of nitrogens with one attached hydrogen (secondary N) is 2. The third kappa shape index (κ3) is 4.05. The molecule has 0 radical (unpaired) electrons. The second kappa shape index (κ2) is 7.06. The molecule has 2 fully saturated rings. The van der Waals surface area contributed by atoms with Crippen LogP contribution in [0.3, 0.4) is 0 Å². The van der Waals surface area contributed by atoms with E-state index in [9.17, 15) is 4.79 Å². The van der Waals surface area contributed by atoms with Crippen LogP contribution in [0.5, 0.6) is 0 Å². The monoisotopic (exact) mass is 265 g/mol. The lowest BCUT2D eigenvalue weighted by Crippen LogP contribution is -2.47. The molecule has 4 heteroatoms. The van der Waals surface area contributed by atoms with E-state index in [-0.39, 0.29) is 11.9 Å². The molecule has 4 nitrogen and oxygen atoms in total. The number of rotatable bonds is 5. The van der Waals surface area contributed by atoms with E-state index in [0.717, 1.165) is 39.0 Å². The van der Waals surface area contributed by atoms with Crippen molar-refractivity contribution in [3.05, 3.63) is 12.7 Å². The number of nitrogens with zero attached hydrogens (tertiary/aromatic N) is 1. The molecule has 19 heavy (non-hydrogen) atoms. The molecular weight excluding hydrogens is 238 g/mol. The molecule has 0 saturated carbocycles. The first-order chi connectivity index (χ1) is 9.20. The summed E-state index contributed by atoms with van der Waals surface area (Å²) in [5, 5.41) is 6.36. The van der Waals surface area contributed by atoms with Gasteiger partial charge in [0.15, 0.2) is 0 Å². The third-order valence-electron chi connectivity index (χ3n) is 4.41. The Balaban J connectivity index is 1.73. The van der Waals surface area contributed by atoms with Crippen LogP contribution in [0.25, 0.3) is 0 Å². The molecule has 2 N–H and O–H groups in total. The molecule has 2 saturated heterocycles. The van der Waals surface area contributed by atoms with Crippen LogP contribution in [0.2, 0.25) is 0 Å². The normalized spacial score (nSPS) is 29.9. The van der Waals surface area contributed by atoms with E-state index in [1.165, 1.54) is 12.8 Å². The van der Waals surface area contributed by atoms with Gasteiger partial charge in [-0.2, -0.15) is 0 Å². The highest BCUT2D eigenvalue weighted by atomic mass is 16.2. The van der Waals surface area contributed by atoms with Crippen LogP contribution in [-0.4, -0.2) is 49.1 Å². The summed E-state index contributed by atoms with van der Waals surface area (Å²) in [6, 6.07) is 0.488. The Kier molecular flexibility index (Phi) is 5.40. The van der Waals surface area contributed by atoms with E-state index in [2.05, 4.69) is 29.0 Å². The zero-order valence-corrected chi connectivity index (χ0v) is 12.0. The summed E-state index contributed by atoms with van der Waals surface area (Å²) in [6.45, 7) is 10.1. The van der Waals surface area contributed by atoms with E-state index in [1.807, 2.05) is 6.08 Å². The molecular formula is C15H27N3O. The van der Waals surface area contributed by atoms with Gasteiger partial charge in [-0.05, 0) is 51.6 Å². The van der Waals surface area contributed by atoms with Crippen LogP contribution in [0.1, 0.15) is 32.6 Å². The summed E-state index contributed by atoms with van der Waals surface area (Å²) in [5.41, 5.74) is 0. The van der Waals surface area contributed by atoms with Crippen molar-refractivity contribution in [3.8, 4) is 0 Å². The summed E-state index contributed by atoms with van der Waals surface area (Å²) in [5.74, 6) is 0.771. The van der Waals surface area contributed by atoms with Crippen LogP contribution in [-0.2, 0) is 4.79 Å². The van der Waals surface area contributed by atoms with Gasteiger partial charge in [-0.25, -0.2) is 0 Å². The summed E-state index contributed by atoms with van der Waals surface area (Å²) >= 11 is 0. The predicted molar refractivity (Wildman–Crippen MR) is 78.0 cm³/mol. The van der Waals surface area contributed by atoms with Gasteiger partial charge in [0.2, 0.25) is 5.91 Å². The quantitative estimate of drug-likeness (QED) is 0.733. The summed E-state index contributed by atoms with van der Waals surface area (Å²) < 4.78 is 0. The molecule has 2 rings (SSSR count). The van der Waals surface area contributed by atoms with Crippen molar-refractivity contribution in [2.24, 2.45) is 5.92 Å². The van der Waals surface area contributed by atoms with Crippen LogP contribution in [0, 0.1) is 5.92 Å². The van der Waals surface area contributed by atoms with Gasteiger partial charge in [0.05, 0.1) is 6.04 Å². The Morgan fingerprint density at radius 1 is 1.53 bits per heavy atom. The summed E-state index contributed by atoms with van der Waals surface area (Å²) in [6.07, 6.45) is 6.55. The van der Waals surface area contributed by atoms with Gasteiger partial charge in [-0.15, -0.1) is 6.58 Å². The third-order valence-corrected chi connectivity index (χ3v) is 4.41. The van der Waals surface area contributed by atoms with Crippen molar-refractivity contribution in [1.29, 1.82) is 0 Å². The second-order valence-corrected chi connectivity index (χ2v) is 5.87. The molecule has 2 heterocycles. The first kappa shape index (κ1) is 14.5. The highest BCUT2D eigenvalue weighted by Gasteiger charge is 2.25. The van der Waals surface area contributed by atoms with Gasteiger partial charge in [-0.3, -0.25) is 9.69 Å². The molecule has 1 amide bonds. The fourth-order valence-corrected chi connectivity index (χ4v) is 3.06. The molecule has 0 aromatic carbocycles. The van der Waals surface area contributed by atoms with Crippen molar-refractivity contribution >= 4 is 5.91 Å². The van der Waals surface area contributed by atoms with Crippen LogP contribution < -0.4 is 10.6 Å². The van der Waals surface area contributed by atoms with Gasteiger partial charge in [-0.1, -0.05) is 6.08 Å². The van der Waals surface area contributed by atoms with Gasteiger partial charge in [0, 0.05) is 19.1 Å². The van der Waals surface area contributed by atoms with Gasteiger partial charge in [0.1, 0.15) is 0 Å². The van der Waals surface area contributed by atoms with Crippen molar-refractivity contribution in [1.82, 2.24) is 15.5 Å². The average molecular weight is 265 g/mol.